The summed E-state index contributed by atoms with van der Waals surface area (Å²) in [6.07, 6.45) is 7.63. The molecule has 0 unspecified atom stereocenters. The highest BCUT2D eigenvalue weighted by Gasteiger charge is 2.26. The van der Waals surface area contributed by atoms with Crippen LogP contribution in [0.15, 0.2) is 0 Å². The molecule has 0 amide bonds. The molecule has 72 heavy (non-hydrogen) atoms. The normalized spacial score (nSPS) is 31.4. The topological polar surface area (TPSA) is 72.1 Å². The van der Waals surface area contributed by atoms with Crippen molar-refractivity contribution < 1.29 is 14.2 Å². The first-order valence-electron chi connectivity index (χ1n) is 29.4. The predicted molar refractivity (Wildman–Crippen MR) is 314 cm³/mol. The summed E-state index contributed by atoms with van der Waals surface area (Å²) in [6, 6.07) is 4.22. The molecular formula is C58H129N11O3. The fraction of sp³-hybridized carbons (Fsp3) is 1.00. The monoisotopic (exact) mass is 1030 g/mol. The van der Waals surface area contributed by atoms with Gasteiger partial charge in [-0.3, -0.25) is 9.80 Å². The molecule has 1 N–H and O–H groups in total. The second kappa shape index (κ2) is 42.5. The molecule has 0 aromatic carbocycles. The molecule has 0 saturated carbocycles. The summed E-state index contributed by atoms with van der Waals surface area (Å²) in [4.78, 5) is 23.9. The van der Waals surface area contributed by atoms with Crippen molar-refractivity contribution in [2.75, 3.05) is 201 Å². The van der Waals surface area contributed by atoms with Crippen LogP contribution in [0.3, 0.4) is 0 Å². The molecule has 8 aliphatic rings. The van der Waals surface area contributed by atoms with E-state index >= 15 is 0 Å². The van der Waals surface area contributed by atoms with Gasteiger partial charge in [0.25, 0.3) is 0 Å². The lowest BCUT2D eigenvalue weighted by molar-refractivity contribution is -0.0602. The van der Waals surface area contributed by atoms with Crippen LogP contribution < -0.4 is 5.32 Å². The molecule has 0 radical (unpaired) electrons. The van der Waals surface area contributed by atoms with Crippen molar-refractivity contribution in [2.45, 2.75) is 171 Å². The molecule has 0 spiro atoms. The number of hydrogen-bond acceptors (Lipinski definition) is 14. The van der Waals surface area contributed by atoms with Crippen LogP contribution in [-0.2, 0) is 14.2 Å². The quantitative estimate of drug-likeness (QED) is 0.303. The Bertz CT molecular complexity index is 1050. The van der Waals surface area contributed by atoms with E-state index in [9.17, 15) is 0 Å². The second-order valence-corrected chi connectivity index (χ2v) is 24.4. The van der Waals surface area contributed by atoms with Crippen molar-refractivity contribution in [3.63, 3.8) is 0 Å². The molecule has 8 rings (SSSR count). The zero-order valence-corrected chi connectivity index (χ0v) is 52.4. The molecule has 8 heterocycles. The van der Waals surface area contributed by atoms with Gasteiger partial charge in [-0.25, -0.2) is 0 Å². The Balaban J connectivity index is 0.000000795. The third-order valence-corrected chi connectivity index (χ3v) is 14.6. The van der Waals surface area contributed by atoms with Crippen LogP contribution in [0, 0.1) is 11.8 Å². The fourth-order valence-corrected chi connectivity index (χ4v) is 10.4. The Morgan fingerprint density at radius 3 is 1.03 bits per heavy atom. The molecule has 0 bridgehead atoms. The van der Waals surface area contributed by atoms with E-state index in [4.69, 9.17) is 14.2 Å². The molecule has 0 aromatic heterocycles. The maximum absolute atomic E-state index is 5.51. The molecular weight excluding hydrogens is 899 g/mol. The van der Waals surface area contributed by atoms with Crippen molar-refractivity contribution in [3.05, 3.63) is 0 Å². The number of piperazine rings is 4. The SMILES string of the molecule is CC(C)C.CC1CCOCC1.CCN1[C@H](C)CN(C)C[C@@H]1C.CN1CCCCC1.CN1CCN(C)CC1.CN1CCOCC1.C[C@@H]1CN(C)C[C@H](C)N1.C[C@@H]1CN(C)C[C@H](C)N1C.C[C@@H]1CN(C)C[C@H](C)O1. The number of likely N-dealkylation sites (N-methyl/N-ethyl adjacent to an activating group) is 9. The first-order chi connectivity index (χ1) is 33.8. The molecule has 8 aliphatic heterocycles. The van der Waals surface area contributed by atoms with Gasteiger partial charge >= 0.3 is 0 Å². The van der Waals surface area contributed by atoms with E-state index in [-0.39, 0.29) is 0 Å². The van der Waals surface area contributed by atoms with Crippen LogP contribution in [0.1, 0.15) is 122 Å². The van der Waals surface area contributed by atoms with Crippen molar-refractivity contribution in [1.29, 1.82) is 0 Å². The largest absolute Gasteiger partial charge is 0.381 e. The third-order valence-electron chi connectivity index (χ3n) is 14.6. The number of nitrogens with one attached hydrogen (secondary N) is 1. The summed E-state index contributed by atoms with van der Waals surface area (Å²) in [5.74, 6) is 1.74. The number of ether oxygens (including phenoxy) is 3. The molecule has 0 aromatic rings. The molecule has 0 aliphatic carbocycles. The van der Waals surface area contributed by atoms with E-state index in [2.05, 4.69) is 208 Å². The summed E-state index contributed by atoms with van der Waals surface area (Å²) in [5, 5.41) is 3.47. The number of morpholine rings is 2. The first-order valence-corrected chi connectivity index (χ1v) is 29.4. The van der Waals surface area contributed by atoms with Crippen LogP contribution in [-0.4, -0.2) is 299 Å². The van der Waals surface area contributed by atoms with Crippen LogP contribution in [0.4, 0.5) is 0 Å². The van der Waals surface area contributed by atoms with Gasteiger partial charge in [-0.1, -0.05) is 41.0 Å². The Morgan fingerprint density at radius 2 is 0.736 bits per heavy atom. The number of piperidine rings is 1. The van der Waals surface area contributed by atoms with Gasteiger partial charge in [0.05, 0.1) is 25.4 Å². The van der Waals surface area contributed by atoms with E-state index in [1.165, 1.54) is 117 Å². The van der Waals surface area contributed by atoms with E-state index in [0.29, 0.717) is 36.4 Å². The number of nitrogens with zero attached hydrogens (tertiary/aromatic N) is 10. The van der Waals surface area contributed by atoms with E-state index in [1.807, 2.05) is 0 Å². The summed E-state index contributed by atoms with van der Waals surface area (Å²) >= 11 is 0. The minimum absolute atomic E-state index is 0.416. The van der Waals surface area contributed by atoms with E-state index in [1.54, 1.807) is 0 Å². The highest BCUT2D eigenvalue weighted by Crippen LogP contribution is 2.14. The van der Waals surface area contributed by atoms with E-state index < -0.39 is 0 Å². The standard InChI is InChI=1S/C9H20N2.C8H18N2.C7H16N2.C7H15NO.C6H14N2.C6H13N.C6H12O.C5H11NO.C4H10/c1-5-11-8(2)6-10(4)7-9(11)3;1-7-5-9(3)6-8(2)10(7)4;1-6-4-9(3)5-7(2)8-6;1-6-4-8(3)5-7(2)9-6;1-7-3-5-8(2)6-4-7;1-7-5-3-2-4-6-7;2*1-6-2-4-7-5-3-6;1-4(2)3/h8-9H,5-7H2,1-4H3;7-8H,5-6H2,1-4H3;6-8H,4-5H2,1-3H3;6-7H,4-5H2,1-3H3;3-6H2,1-2H3;2-6H2,1H3;6H,2-5H2,1H3;2-5H2,1H3;4H,1-3H3/t8-,9+;7-,8+;2*6-,7+;;;;;. The van der Waals surface area contributed by atoms with Crippen molar-refractivity contribution in [1.82, 2.24) is 54.3 Å². The number of hydrogen-bond donors (Lipinski definition) is 1. The van der Waals surface area contributed by atoms with Gasteiger partial charge in [-0.05, 0) is 176 Å². The molecule has 14 heteroatoms. The van der Waals surface area contributed by atoms with Gasteiger partial charge in [0.2, 0.25) is 0 Å². The molecule has 8 saturated heterocycles. The lowest BCUT2D eigenvalue weighted by atomic mass is 10.0. The van der Waals surface area contributed by atoms with Gasteiger partial charge in [-0.15, -0.1) is 0 Å². The smallest absolute Gasteiger partial charge is 0.0678 e. The lowest BCUT2D eigenvalue weighted by Crippen LogP contribution is -2.55. The van der Waals surface area contributed by atoms with Gasteiger partial charge < -0.3 is 58.7 Å². The summed E-state index contributed by atoms with van der Waals surface area (Å²) in [7, 11) is 19.6. The lowest BCUT2D eigenvalue weighted by Gasteiger charge is -2.42. The van der Waals surface area contributed by atoms with Gasteiger partial charge in [0, 0.05) is 141 Å². The van der Waals surface area contributed by atoms with Gasteiger partial charge in [-0.2, -0.15) is 0 Å². The average molecular weight is 1030 g/mol. The van der Waals surface area contributed by atoms with Crippen LogP contribution in [0.5, 0.6) is 0 Å². The Kier molecular flexibility index (Phi) is 42.1. The molecule has 14 nitrogen and oxygen atoms in total. The van der Waals surface area contributed by atoms with Crippen molar-refractivity contribution in [3.8, 4) is 0 Å². The zero-order chi connectivity index (χ0) is 54.8. The molecule has 8 fully saturated rings. The number of likely N-dealkylation sites (tertiary alicyclic amines) is 1. The summed E-state index contributed by atoms with van der Waals surface area (Å²) in [6.45, 7) is 53.0. The molecule has 434 valence electrons. The van der Waals surface area contributed by atoms with Crippen molar-refractivity contribution >= 4 is 0 Å². The predicted octanol–water partition coefficient (Wildman–Crippen LogP) is 6.70. The minimum atomic E-state index is 0.416. The van der Waals surface area contributed by atoms with Crippen molar-refractivity contribution in [2.24, 2.45) is 11.8 Å². The zero-order valence-electron chi connectivity index (χ0n) is 52.4. The van der Waals surface area contributed by atoms with Crippen LogP contribution in [0.2, 0.25) is 0 Å². The average Bonchev–Trinajstić information content (AvgIpc) is 3.28. The second-order valence-electron chi connectivity index (χ2n) is 24.4. The van der Waals surface area contributed by atoms with Crippen LogP contribution in [0.25, 0.3) is 0 Å². The summed E-state index contributed by atoms with van der Waals surface area (Å²) < 4.78 is 15.8. The summed E-state index contributed by atoms with van der Waals surface area (Å²) in [5.41, 5.74) is 0. The van der Waals surface area contributed by atoms with Gasteiger partial charge in [0.1, 0.15) is 0 Å². The Hall–Kier alpha value is -0.560. The van der Waals surface area contributed by atoms with Gasteiger partial charge in [0.15, 0.2) is 0 Å². The molecule has 8 atom stereocenters. The number of rotatable bonds is 1. The first kappa shape index (κ1) is 71.4. The maximum Gasteiger partial charge on any atom is 0.0678 e. The highest BCUT2D eigenvalue weighted by atomic mass is 16.5. The minimum Gasteiger partial charge on any atom is -0.381 e. The Morgan fingerprint density at radius 1 is 0.403 bits per heavy atom. The Labute approximate surface area is 450 Å². The fourth-order valence-electron chi connectivity index (χ4n) is 10.4. The van der Waals surface area contributed by atoms with Crippen LogP contribution >= 0.6 is 0 Å². The highest BCUT2D eigenvalue weighted by molar-refractivity contribution is 4.83. The third kappa shape index (κ3) is 38.9. The maximum atomic E-state index is 5.51. The van der Waals surface area contributed by atoms with E-state index in [0.717, 1.165) is 76.5 Å².